The molecule has 0 saturated carbocycles. The Kier molecular flexibility index (Phi) is 6.04. The maximum atomic E-state index is 13.9. The zero-order chi connectivity index (χ0) is 22.0. The minimum Gasteiger partial charge on any atom is -0.324 e. The van der Waals surface area contributed by atoms with Crippen LogP contribution < -0.4 is 5.32 Å². The SMILES string of the molecule is Cc1cccc(C(=O)N2C(C(=O)Nc3ccc(F)cc3)CSC2c2cccc(F)c2)c1. The van der Waals surface area contributed by atoms with Crippen LogP contribution in [0.25, 0.3) is 0 Å². The lowest BCUT2D eigenvalue weighted by Crippen LogP contribution is -2.45. The molecule has 31 heavy (non-hydrogen) atoms. The number of rotatable bonds is 4. The minimum absolute atomic E-state index is 0.304. The summed E-state index contributed by atoms with van der Waals surface area (Å²) in [7, 11) is 0. The van der Waals surface area contributed by atoms with Crippen molar-refractivity contribution < 1.29 is 18.4 Å². The van der Waals surface area contributed by atoms with Gasteiger partial charge in [-0.15, -0.1) is 11.8 Å². The average Bonchev–Trinajstić information content (AvgIpc) is 3.20. The van der Waals surface area contributed by atoms with E-state index in [2.05, 4.69) is 5.32 Å². The first-order valence-electron chi connectivity index (χ1n) is 9.75. The van der Waals surface area contributed by atoms with Gasteiger partial charge in [-0.1, -0.05) is 29.8 Å². The number of thioether (sulfide) groups is 1. The second-order valence-corrected chi connectivity index (χ2v) is 8.45. The Morgan fingerprint density at radius 1 is 0.968 bits per heavy atom. The molecule has 0 radical (unpaired) electrons. The van der Waals surface area contributed by atoms with Gasteiger partial charge in [-0.3, -0.25) is 9.59 Å². The first kappa shape index (κ1) is 21.1. The molecule has 2 unspecified atom stereocenters. The van der Waals surface area contributed by atoms with Crippen LogP contribution in [0.15, 0.2) is 72.8 Å². The Morgan fingerprint density at radius 2 is 1.71 bits per heavy atom. The third-order valence-electron chi connectivity index (χ3n) is 5.05. The summed E-state index contributed by atoms with van der Waals surface area (Å²) in [5.74, 6) is -1.13. The molecular weight excluding hydrogens is 418 g/mol. The molecule has 3 aromatic rings. The van der Waals surface area contributed by atoms with Crippen molar-refractivity contribution in [2.24, 2.45) is 0 Å². The van der Waals surface area contributed by atoms with Gasteiger partial charge in [0.05, 0.1) is 0 Å². The molecule has 1 aliphatic heterocycles. The maximum Gasteiger partial charge on any atom is 0.255 e. The van der Waals surface area contributed by atoms with E-state index in [1.54, 1.807) is 30.3 Å². The number of carbonyl (C=O) groups is 2. The number of benzene rings is 3. The van der Waals surface area contributed by atoms with Gasteiger partial charge in [0.2, 0.25) is 5.91 Å². The summed E-state index contributed by atoms with van der Waals surface area (Å²) < 4.78 is 27.1. The smallest absolute Gasteiger partial charge is 0.255 e. The third-order valence-corrected chi connectivity index (χ3v) is 6.37. The fraction of sp³-hybridized carbons (Fsp3) is 0.167. The van der Waals surface area contributed by atoms with Gasteiger partial charge in [-0.05, 0) is 61.0 Å². The summed E-state index contributed by atoms with van der Waals surface area (Å²) in [6.45, 7) is 1.89. The zero-order valence-electron chi connectivity index (χ0n) is 16.7. The third kappa shape index (κ3) is 4.61. The number of hydrogen-bond acceptors (Lipinski definition) is 3. The van der Waals surface area contributed by atoms with E-state index in [0.29, 0.717) is 22.6 Å². The van der Waals surface area contributed by atoms with Crippen molar-refractivity contribution in [2.75, 3.05) is 11.1 Å². The highest BCUT2D eigenvalue weighted by atomic mass is 32.2. The first-order valence-corrected chi connectivity index (χ1v) is 10.8. The van der Waals surface area contributed by atoms with E-state index in [1.165, 1.54) is 53.1 Å². The average molecular weight is 438 g/mol. The second kappa shape index (κ2) is 8.89. The molecule has 0 bridgehead atoms. The molecule has 1 fully saturated rings. The molecule has 4 nitrogen and oxygen atoms in total. The highest BCUT2D eigenvalue weighted by Gasteiger charge is 2.42. The molecule has 1 aliphatic rings. The van der Waals surface area contributed by atoms with E-state index in [0.717, 1.165) is 5.56 Å². The van der Waals surface area contributed by atoms with Crippen molar-refractivity contribution in [3.05, 3.63) is 101 Å². The van der Waals surface area contributed by atoms with Gasteiger partial charge < -0.3 is 10.2 Å². The molecule has 2 atom stereocenters. The number of carbonyl (C=O) groups excluding carboxylic acids is 2. The van der Waals surface area contributed by atoms with Crippen LogP contribution in [-0.4, -0.2) is 28.5 Å². The number of amides is 2. The van der Waals surface area contributed by atoms with E-state index in [-0.39, 0.29) is 11.8 Å². The monoisotopic (exact) mass is 438 g/mol. The molecule has 2 amide bonds. The molecular formula is C24H20F2N2O2S. The lowest BCUT2D eigenvalue weighted by molar-refractivity contribution is -0.119. The van der Waals surface area contributed by atoms with Crippen LogP contribution in [0, 0.1) is 18.6 Å². The number of aryl methyl sites for hydroxylation is 1. The molecule has 0 aliphatic carbocycles. The lowest BCUT2D eigenvalue weighted by atomic mass is 10.1. The van der Waals surface area contributed by atoms with E-state index in [1.807, 2.05) is 13.0 Å². The molecule has 0 aromatic heterocycles. The number of halogens is 2. The second-order valence-electron chi connectivity index (χ2n) is 7.33. The van der Waals surface area contributed by atoms with Crippen molar-refractivity contribution in [3.63, 3.8) is 0 Å². The van der Waals surface area contributed by atoms with Gasteiger partial charge >= 0.3 is 0 Å². The van der Waals surface area contributed by atoms with Crippen molar-refractivity contribution in [1.29, 1.82) is 0 Å². The molecule has 4 rings (SSSR count). The Hall–Kier alpha value is -3.19. The fourth-order valence-corrected chi connectivity index (χ4v) is 4.98. The van der Waals surface area contributed by atoms with Crippen molar-refractivity contribution in [2.45, 2.75) is 18.3 Å². The molecule has 3 aromatic carbocycles. The van der Waals surface area contributed by atoms with Crippen LogP contribution in [0.1, 0.15) is 26.9 Å². The van der Waals surface area contributed by atoms with Crippen molar-refractivity contribution in [1.82, 2.24) is 4.90 Å². The number of hydrogen-bond donors (Lipinski definition) is 1. The summed E-state index contributed by atoms with van der Waals surface area (Å²) in [5, 5.41) is 2.25. The molecule has 158 valence electrons. The summed E-state index contributed by atoms with van der Waals surface area (Å²) in [4.78, 5) is 28.0. The van der Waals surface area contributed by atoms with Crippen LogP contribution in [0.3, 0.4) is 0 Å². The molecule has 0 spiro atoms. The topological polar surface area (TPSA) is 49.4 Å². The molecule has 7 heteroatoms. The summed E-state index contributed by atoms with van der Waals surface area (Å²) >= 11 is 1.41. The van der Waals surface area contributed by atoms with E-state index < -0.39 is 23.1 Å². The normalized spacial score (nSPS) is 18.1. The van der Waals surface area contributed by atoms with Crippen LogP contribution in [0.2, 0.25) is 0 Å². The van der Waals surface area contributed by atoms with E-state index >= 15 is 0 Å². The highest BCUT2D eigenvalue weighted by Crippen LogP contribution is 2.42. The van der Waals surface area contributed by atoms with Gasteiger partial charge in [0.15, 0.2) is 0 Å². The first-order chi connectivity index (χ1) is 14.9. The van der Waals surface area contributed by atoms with E-state index in [9.17, 15) is 18.4 Å². The fourth-order valence-electron chi connectivity index (χ4n) is 3.56. The highest BCUT2D eigenvalue weighted by molar-refractivity contribution is 7.99. The Labute approximate surface area is 183 Å². The summed E-state index contributed by atoms with van der Waals surface area (Å²) in [5.41, 5.74) is 2.44. The number of nitrogens with zero attached hydrogens (tertiary/aromatic N) is 1. The van der Waals surface area contributed by atoms with Gasteiger partial charge in [0, 0.05) is 17.0 Å². The standard InChI is InChI=1S/C24H20F2N2O2S/c1-15-4-2-5-16(12-15)23(30)28-21(22(29)27-20-10-8-18(25)9-11-20)14-31-24(28)17-6-3-7-19(26)13-17/h2-13,21,24H,14H2,1H3,(H,27,29). The van der Waals surface area contributed by atoms with Gasteiger partial charge in [-0.25, -0.2) is 8.78 Å². The van der Waals surface area contributed by atoms with Gasteiger partial charge in [-0.2, -0.15) is 0 Å². The molecule has 1 heterocycles. The predicted molar refractivity (Wildman–Crippen MR) is 118 cm³/mol. The van der Waals surface area contributed by atoms with Gasteiger partial charge in [0.25, 0.3) is 5.91 Å². The predicted octanol–water partition coefficient (Wildman–Crippen LogP) is 5.17. The summed E-state index contributed by atoms with van der Waals surface area (Å²) in [6.07, 6.45) is 0. The quantitative estimate of drug-likeness (QED) is 0.612. The molecule has 1 N–H and O–H groups in total. The van der Waals surface area contributed by atoms with Crippen LogP contribution in [0.5, 0.6) is 0 Å². The number of anilines is 1. The Balaban J connectivity index is 1.67. The maximum absolute atomic E-state index is 13.9. The Bertz CT molecular complexity index is 1120. The van der Waals surface area contributed by atoms with Crippen LogP contribution >= 0.6 is 11.8 Å². The largest absolute Gasteiger partial charge is 0.324 e. The summed E-state index contributed by atoms with van der Waals surface area (Å²) in [6, 6.07) is 17.9. The minimum atomic E-state index is -0.767. The van der Waals surface area contributed by atoms with Crippen molar-refractivity contribution in [3.8, 4) is 0 Å². The Morgan fingerprint density at radius 3 is 2.42 bits per heavy atom. The van der Waals surface area contributed by atoms with Crippen LogP contribution in [0.4, 0.5) is 14.5 Å². The number of nitrogens with one attached hydrogen (secondary N) is 1. The van der Waals surface area contributed by atoms with Crippen LogP contribution in [-0.2, 0) is 4.79 Å². The molecule has 1 saturated heterocycles. The zero-order valence-corrected chi connectivity index (χ0v) is 17.5. The van der Waals surface area contributed by atoms with Gasteiger partial charge in [0.1, 0.15) is 23.1 Å². The lowest BCUT2D eigenvalue weighted by Gasteiger charge is -2.29. The van der Waals surface area contributed by atoms with Crippen molar-refractivity contribution >= 4 is 29.3 Å². The van der Waals surface area contributed by atoms with E-state index in [4.69, 9.17) is 0 Å².